The van der Waals surface area contributed by atoms with Gasteiger partial charge in [-0.15, -0.1) is 0 Å². The molecule has 0 fully saturated rings. The molecule has 0 aliphatic rings. The number of amides is 1. The standard InChI is InChI=1S/C16H17NO2/c1-13(18)17(2)12-14-8-10-16(11-9-14)19-15-6-4-3-5-7-15/h3-11H,12H2,1-2H3. The number of hydrogen-bond acceptors (Lipinski definition) is 2. The zero-order valence-electron chi connectivity index (χ0n) is 11.2. The van der Waals surface area contributed by atoms with Crippen LogP contribution in [0.4, 0.5) is 0 Å². The predicted octanol–water partition coefficient (Wildman–Crippen LogP) is 3.46. The maximum absolute atomic E-state index is 11.2. The molecule has 0 saturated heterocycles. The van der Waals surface area contributed by atoms with Gasteiger partial charge in [-0.05, 0) is 29.8 Å². The highest BCUT2D eigenvalue weighted by Gasteiger charge is 2.03. The van der Waals surface area contributed by atoms with Crippen LogP contribution in [0.3, 0.4) is 0 Å². The summed E-state index contributed by atoms with van der Waals surface area (Å²) in [6.07, 6.45) is 0. The molecule has 19 heavy (non-hydrogen) atoms. The maximum Gasteiger partial charge on any atom is 0.219 e. The lowest BCUT2D eigenvalue weighted by Crippen LogP contribution is -2.22. The van der Waals surface area contributed by atoms with Gasteiger partial charge < -0.3 is 9.64 Å². The molecule has 0 N–H and O–H groups in total. The third-order valence-corrected chi connectivity index (χ3v) is 2.86. The Morgan fingerprint density at radius 2 is 1.58 bits per heavy atom. The molecular formula is C16H17NO2. The summed E-state index contributed by atoms with van der Waals surface area (Å²) in [6, 6.07) is 17.4. The van der Waals surface area contributed by atoms with E-state index in [4.69, 9.17) is 4.74 Å². The van der Waals surface area contributed by atoms with Gasteiger partial charge in [0, 0.05) is 20.5 Å². The summed E-state index contributed by atoms with van der Waals surface area (Å²) in [6.45, 7) is 2.17. The van der Waals surface area contributed by atoms with Crippen LogP contribution in [0.15, 0.2) is 54.6 Å². The molecule has 0 spiro atoms. The number of carbonyl (C=O) groups is 1. The first-order chi connectivity index (χ1) is 9.15. The van der Waals surface area contributed by atoms with E-state index in [2.05, 4.69) is 0 Å². The van der Waals surface area contributed by atoms with Crippen molar-refractivity contribution in [2.45, 2.75) is 13.5 Å². The molecule has 2 rings (SSSR count). The summed E-state index contributed by atoms with van der Waals surface area (Å²) in [5.74, 6) is 1.67. The average Bonchev–Trinajstić information content (AvgIpc) is 2.42. The summed E-state index contributed by atoms with van der Waals surface area (Å²) in [5.41, 5.74) is 1.08. The van der Waals surface area contributed by atoms with E-state index in [-0.39, 0.29) is 5.91 Å². The minimum absolute atomic E-state index is 0.0598. The molecule has 0 saturated carbocycles. The van der Waals surface area contributed by atoms with Crippen LogP contribution in [-0.4, -0.2) is 17.9 Å². The van der Waals surface area contributed by atoms with Gasteiger partial charge in [0.1, 0.15) is 11.5 Å². The number of rotatable bonds is 4. The van der Waals surface area contributed by atoms with E-state index in [1.165, 1.54) is 0 Å². The van der Waals surface area contributed by atoms with Gasteiger partial charge in [-0.25, -0.2) is 0 Å². The first kappa shape index (κ1) is 13.1. The molecule has 0 heterocycles. The first-order valence-electron chi connectivity index (χ1n) is 6.19. The van der Waals surface area contributed by atoms with E-state index in [1.807, 2.05) is 54.6 Å². The molecule has 2 aromatic carbocycles. The topological polar surface area (TPSA) is 29.5 Å². The summed E-state index contributed by atoms with van der Waals surface area (Å²) >= 11 is 0. The number of hydrogen-bond donors (Lipinski definition) is 0. The predicted molar refractivity (Wildman–Crippen MR) is 75.1 cm³/mol. The van der Waals surface area contributed by atoms with Crippen molar-refractivity contribution in [1.82, 2.24) is 4.90 Å². The van der Waals surface area contributed by atoms with Gasteiger partial charge >= 0.3 is 0 Å². The highest BCUT2D eigenvalue weighted by atomic mass is 16.5. The van der Waals surface area contributed by atoms with Crippen LogP contribution in [0.2, 0.25) is 0 Å². The molecule has 1 amide bonds. The summed E-state index contributed by atoms with van der Waals surface area (Å²) in [7, 11) is 1.79. The van der Waals surface area contributed by atoms with Crippen LogP contribution in [0, 0.1) is 0 Å². The number of carbonyl (C=O) groups excluding carboxylic acids is 1. The van der Waals surface area contributed by atoms with Crippen molar-refractivity contribution in [2.24, 2.45) is 0 Å². The van der Waals surface area contributed by atoms with Crippen molar-refractivity contribution >= 4 is 5.91 Å². The summed E-state index contributed by atoms with van der Waals surface area (Å²) in [4.78, 5) is 12.8. The maximum atomic E-state index is 11.2. The smallest absolute Gasteiger partial charge is 0.219 e. The lowest BCUT2D eigenvalue weighted by Gasteiger charge is -2.15. The van der Waals surface area contributed by atoms with Gasteiger partial charge in [-0.2, -0.15) is 0 Å². The molecule has 0 radical (unpaired) electrons. The lowest BCUT2D eigenvalue weighted by molar-refractivity contribution is -0.128. The largest absolute Gasteiger partial charge is 0.457 e. The third kappa shape index (κ3) is 3.85. The second-order valence-electron chi connectivity index (χ2n) is 4.43. The number of ether oxygens (including phenoxy) is 1. The fourth-order valence-electron chi connectivity index (χ4n) is 1.67. The van der Waals surface area contributed by atoms with Gasteiger partial charge in [-0.1, -0.05) is 30.3 Å². The fourth-order valence-corrected chi connectivity index (χ4v) is 1.67. The van der Waals surface area contributed by atoms with E-state index in [0.29, 0.717) is 6.54 Å². The molecule has 2 aromatic rings. The second-order valence-corrected chi connectivity index (χ2v) is 4.43. The Kier molecular flexibility index (Phi) is 4.18. The Morgan fingerprint density at radius 1 is 1.00 bits per heavy atom. The Hall–Kier alpha value is -2.29. The third-order valence-electron chi connectivity index (χ3n) is 2.86. The zero-order chi connectivity index (χ0) is 13.7. The van der Waals surface area contributed by atoms with Crippen LogP contribution in [0.1, 0.15) is 12.5 Å². The molecule has 98 valence electrons. The summed E-state index contributed by atoms with van der Waals surface area (Å²) < 4.78 is 5.71. The van der Waals surface area contributed by atoms with Crippen molar-refractivity contribution in [2.75, 3.05) is 7.05 Å². The molecule has 3 nitrogen and oxygen atoms in total. The average molecular weight is 255 g/mol. The zero-order valence-corrected chi connectivity index (χ0v) is 11.2. The normalized spacial score (nSPS) is 10.0. The van der Waals surface area contributed by atoms with Crippen molar-refractivity contribution < 1.29 is 9.53 Å². The number of nitrogens with zero attached hydrogens (tertiary/aromatic N) is 1. The minimum atomic E-state index is 0.0598. The Bertz CT molecular complexity index is 534. The van der Waals surface area contributed by atoms with Crippen LogP contribution >= 0.6 is 0 Å². The van der Waals surface area contributed by atoms with Gasteiger partial charge in [-0.3, -0.25) is 4.79 Å². The van der Waals surface area contributed by atoms with Gasteiger partial charge in [0.05, 0.1) is 0 Å². The van der Waals surface area contributed by atoms with E-state index >= 15 is 0 Å². The molecular weight excluding hydrogens is 238 g/mol. The van der Waals surface area contributed by atoms with Crippen molar-refractivity contribution in [3.63, 3.8) is 0 Å². The van der Waals surface area contributed by atoms with E-state index in [9.17, 15) is 4.79 Å². The molecule has 0 aliphatic heterocycles. The van der Waals surface area contributed by atoms with E-state index < -0.39 is 0 Å². The Labute approximate surface area is 113 Å². The minimum Gasteiger partial charge on any atom is -0.457 e. The SMILES string of the molecule is CC(=O)N(C)Cc1ccc(Oc2ccccc2)cc1. The quantitative estimate of drug-likeness (QED) is 0.837. The molecule has 0 bridgehead atoms. The van der Waals surface area contributed by atoms with E-state index in [1.54, 1.807) is 18.9 Å². The van der Waals surface area contributed by atoms with Gasteiger partial charge in [0.15, 0.2) is 0 Å². The lowest BCUT2D eigenvalue weighted by atomic mass is 10.2. The van der Waals surface area contributed by atoms with Crippen molar-refractivity contribution in [1.29, 1.82) is 0 Å². The molecule has 0 unspecified atom stereocenters. The summed E-state index contributed by atoms with van der Waals surface area (Å²) in [5, 5.41) is 0. The highest BCUT2D eigenvalue weighted by molar-refractivity contribution is 5.72. The molecule has 3 heteroatoms. The second kappa shape index (κ2) is 6.05. The molecule has 0 aromatic heterocycles. The Balaban J connectivity index is 2.01. The van der Waals surface area contributed by atoms with Crippen LogP contribution < -0.4 is 4.74 Å². The number of para-hydroxylation sites is 1. The van der Waals surface area contributed by atoms with Gasteiger partial charge in [0.2, 0.25) is 5.91 Å². The van der Waals surface area contributed by atoms with Gasteiger partial charge in [0.25, 0.3) is 0 Å². The van der Waals surface area contributed by atoms with E-state index in [0.717, 1.165) is 17.1 Å². The monoisotopic (exact) mass is 255 g/mol. The molecule has 0 atom stereocenters. The Morgan fingerprint density at radius 3 is 2.16 bits per heavy atom. The fraction of sp³-hybridized carbons (Fsp3) is 0.188. The van der Waals surface area contributed by atoms with Crippen LogP contribution in [0.25, 0.3) is 0 Å². The van der Waals surface area contributed by atoms with Crippen molar-refractivity contribution in [3.05, 3.63) is 60.2 Å². The number of benzene rings is 2. The van der Waals surface area contributed by atoms with Crippen molar-refractivity contribution in [3.8, 4) is 11.5 Å². The highest BCUT2D eigenvalue weighted by Crippen LogP contribution is 2.21. The van der Waals surface area contributed by atoms with Crippen LogP contribution in [0.5, 0.6) is 11.5 Å². The first-order valence-corrected chi connectivity index (χ1v) is 6.19. The molecule has 0 aliphatic carbocycles. The van der Waals surface area contributed by atoms with Crippen LogP contribution in [-0.2, 0) is 11.3 Å².